The zero-order valence-electron chi connectivity index (χ0n) is 17.2. The predicted molar refractivity (Wildman–Crippen MR) is 122 cm³/mol. The van der Waals surface area contributed by atoms with Crippen molar-refractivity contribution < 1.29 is 13.2 Å². The molecule has 1 aliphatic heterocycles. The van der Waals surface area contributed by atoms with Gasteiger partial charge in [0.2, 0.25) is 5.95 Å². The summed E-state index contributed by atoms with van der Waals surface area (Å²) in [6, 6.07) is 8.82. The van der Waals surface area contributed by atoms with Crippen molar-refractivity contribution in [2.45, 2.75) is 25.1 Å². The number of fused-ring (bicyclic) bond motifs is 1. The lowest BCUT2D eigenvalue weighted by Crippen LogP contribution is -2.43. The summed E-state index contributed by atoms with van der Waals surface area (Å²) in [5.41, 5.74) is 1.33. The third kappa shape index (κ3) is 5.33. The van der Waals surface area contributed by atoms with Crippen LogP contribution in [0.15, 0.2) is 41.3 Å². The molecule has 0 saturated carbocycles. The summed E-state index contributed by atoms with van der Waals surface area (Å²) in [5.74, 6) is 0.349. The smallest absolute Gasteiger partial charge is 0.351 e. The Morgan fingerprint density at radius 1 is 1.19 bits per heavy atom. The Balaban J connectivity index is 0.00000289. The fourth-order valence-electron chi connectivity index (χ4n) is 3.86. The molecule has 1 fully saturated rings. The Bertz CT molecular complexity index is 1160. The van der Waals surface area contributed by atoms with E-state index in [2.05, 4.69) is 15.3 Å². The van der Waals surface area contributed by atoms with Gasteiger partial charge in [-0.1, -0.05) is 29.8 Å². The second kappa shape index (κ2) is 9.64. The standard InChI is InChI=1S/C21H21ClF3N5O.ClH/c1-29-18-13(10-16(19(29)31)15-4-2-3-5-17(15)22)11-26-20(28-18)27-14-6-8-30(9-7-14)12-21(23,24)25;/h2-5,10-11,14H,6-9,12H2,1H3,(H,26,27,28);1H. The van der Waals surface area contributed by atoms with E-state index in [0.29, 0.717) is 59.1 Å². The Labute approximate surface area is 193 Å². The molecule has 0 bridgehead atoms. The van der Waals surface area contributed by atoms with E-state index in [-0.39, 0.29) is 24.0 Å². The van der Waals surface area contributed by atoms with Gasteiger partial charge in [0.1, 0.15) is 5.65 Å². The van der Waals surface area contributed by atoms with Crippen molar-refractivity contribution in [2.24, 2.45) is 7.05 Å². The number of benzene rings is 1. The second-order valence-corrected chi connectivity index (χ2v) is 8.09. The number of hydrogen-bond donors (Lipinski definition) is 1. The lowest BCUT2D eigenvalue weighted by Gasteiger charge is -2.32. The van der Waals surface area contributed by atoms with E-state index in [0.717, 1.165) is 0 Å². The molecular formula is C21H22Cl2F3N5O. The summed E-state index contributed by atoms with van der Waals surface area (Å²) in [4.78, 5) is 23.1. The van der Waals surface area contributed by atoms with Crippen molar-refractivity contribution in [1.82, 2.24) is 19.4 Å². The van der Waals surface area contributed by atoms with Gasteiger partial charge < -0.3 is 5.32 Å². The highest BCUT2D eigenvalue weighted by Crippen LogP contribution is 2.27. The maximum Gasteiger partial charge on any atom is 0.401 e. The van der Waals surface area contributed by atoms with Gasteiger partial charge in [0.05, 0.1) is 6.54 Å². The van der Waals surface area contributed by atoms with Crippen LogP contribution in [0.4, 0.5) is 19.1 Å². The highest BCUT2D eigenvalue weighted by atomic mass is 35.5. The van der Waals surface area contributed by atoms with Crippen LogP contribution in [0.25, 0.3) is 22.2 Å². The minimum atomic E-state index is -4.19. The minimum absolute atomic E-state index is 0. The molecule has 2 aromatic heterocycles. The van der Waals surface area contributed by atoms with E-state index >= 15 is 0 Å². The number of aryl methyl sites for hydroxylation is 1. The van der Waals surface area contributed by atoms with Crippen LogP contribution in [0.1, 0.15) is 12.8 Å². The van der Waals surface area contributed by atoms with Crippen molar-refractivity contribution in [3.8, 4) is 11.1 Å². The molecule has 0 amide bonds. The first-order valence-corrected chi connectivity index (χ1v) is 10.3. The molecule has 11 heteroatoms. The Hall–Kier alpha value is -2.36. The SMILES string of the molecule is Cl.Cn1c(=O)c(-c2ccccc2Cl)cc2cnc(NC3CCN(CC(F)(F)F)CC3)nc21. The van der Waals surface area contributed by atoms with E-state index < -0.39 is 12.7 Å². The molecular weight excluding hydrogens is 466 g/mol. The number of likely N-dealkylation sites (tertiary alicyclic amines) is 1. The summed E-state index contributed by atoms with van der Waals surface area (Å²) in [7, 11) is 1.64. The molecule has 0 atom stereocenters. The normalized spacial score (nSPS) is 15.5. The summed E-state index contributed by atoms with van der Waals surface area (Å²) < 4.78 is 39.1. The third-order valence-electron chi connectivity index (χ3n) is 5.44. The van der Waals surface area contributed by atoms with E-state index in [4.69, 9.17) is 11.6 Å². The minimum Gasteiger partial charge on any atom is -0.351 e. The topological polar surface area (TPSA) is 63.1 Å². The number of nitrogens with one attached hydrogen (secondary N) is 1. The van der Waals surface area contributed by atoms with Crippen LogP contribution in [-0.2, 0) is 7.05 Å². The number of aromatic nitrogens is 3. The molecule has 172 valence electrons. The summed E-state index contributed by atoms with van der Waals surface area (Å²) in [6.45, 7) is -0.184. The van der Waals surface area contributed by atoms with Gasteiger partial charge in [0.25, 0.3) is 5.56 Å². The summed E-state index contributed by atoms with van der Waals surface area (Å²) in [6.07, 6.45) is -1.44. The molecule has 1 N–H and O–H groups in total. The average Bonchev–Trinajstić information content (AvgIpc) is 2.72. The van der Waals surface area contributed by atoms with Crippen LogP contribution in [0, 0.1) is 0 Å². The van der Waals surface area contributed by atoms with Crippen LogP contribution in [0.3, 0.4) is 0 Å². The van der Waals surface area contributed by atoms with Crippen LogP contribution < -0.4 is 10.9 Å². The fraction of sp³-hybridized carbons (Fsp3) is 0.381. The molecule has 1 saturated heterocycles. The predicted octanol–water partition coefficient (Wildman–Crippen LogP) is 4.51. The lowest BCUT2D eigenvalue weighted by molar-refractivity contribution is -0.147. The van der Waals surface area contributed by atoms with E-state index in [1.807, 2.05) is 6.07 Å². The average molecular weight is 488 g/mol. The van der Waals surface area contributed by atoms with Gasteiger partial charge >= 0.3 is 6.18 Å². The van der Waals surface area contributed by atoms with Crippen LogP contribution in [0.5, 0.6) is 0 Å². The van der Waals surface area contributed by atoms with Crippen molar-refractivity contribution in [2.75, 3.05) is 25.0 Å². The molecule has 3 heterocycles. The molecule has 0 spiro atoms. The number of rotatable bonds is 4. The monoisotopic (exact) mass is 487 g/mol. The molecule has 0 radical (unpaired) electrons. The van der Waals surface area contributed by atoms with Crippen LogP contribution in [0.2, 0.25) is 5.02 Å². The highest BCUT2D eigenvalue weighted by molar-refractivity contribution is 6.33. The van der Waals surface area contributed by atoms with Crippen LogP contribution >= 0.6 is 24.0 Å². The van der Waals surface area contributed by atoms with E-state index in [9.17, 15) is 18.0 Å². The van der Waals surface area contributed by atoms with Gasteiger partial charge in [-0.3, -0.25) is 14.3 Å². The number of alkyl halides is 3. The molecule has 3 aromatic rings. The largest absolute Gasteiger partial charge is 0.401 e. The Kier molecular flexibility index (Phi) is 7.32. The molecule has 1 aromatic carbocycles. The van der Waals surface area contributed by atoms with E-state index in [1.54, 1.807) is 37.5 Å². The van der Waals surface area contributed by atoms with Gasteiger partial charge in [-0.25, -0.2) is 4.98 Å². The molecule has 0 aliphatic carbocycles. The summed E-state index contributed by atoms with van der Waals surface area (Å²) >= 11 is 6.26. The second-order valence-electron chi connectivity index (χ2n) is 7.68. The van der Waals surface area contributed by atoms with Crippen molar-refractivity contribution >= 4 is 41.0 Å². The van der Waals surface area contributed by atoms with Gasteiger partial charge in [0, 0.05) is 53.9 Å². The van der Waals surface area contributed by atoms with Crippen LogP contribution in [-0.4, -0.2) is 51.3 Å². The number of halogens is 5. The maximum absolute atomic E-state index is 12.9. The molecule has 6 nitrogen and oxygen atoms in total. The number of nitrogens with zero attached hydrogens (tertiary/aromatic N) is 4. The van der Waals surface area contributed by atoms with Gasteiger partial charge in [0.15, 0.2) is 0 Å². The number of pyridine rings is 1. The molecule has 32 heavy (non-hydrogen) atoms. The first kappa shape index (κ1) is 24.3. The zero-order chi connectivity index (χ0) is 22.2. The van der Waals surface area contributed by atoms with E-state index in [1.165, 1.54) is 9.47 Å². The maximum atomic E-state index is 12.9. The molecule has 0 unspecified atom stereocenters. The highest BCUT2D eigenvalue weighted by Gasteiger charge is 2.32. The van der Waals surface area contributed by atoms with Gasteiger partial charge in [-0.2, -0.15) is 18.2 Å². The first-order chi connectivity index (χ1) is 14.7. The Morgan fingerprint density at radius 3 is 2.53 bits per heavy atom. The van der Waals surface area contributed by atoms with Crippen molar-refractivity contribution in [3.05, 3.63) is 51.9 Å². The first-order valence-electron chi connectivity index (χ1n) is 9.88. The molecule has 1 aliphatic rings. The number of hydrogen-bond acceptors (Lipinski definition) is 5. The van der Waals surface area contributed by atoms with Crippen molar-refractivity contribution in [3.63, 3.8) is 0 Å². The molecule has 4 rings (SSSR count). The Morgan fingerprint density at radius 2 is 1.88 bits per heavy atom. The third-order valence-corrected chi connectivity index (χ3v) is 5.77. The zero-order valence-corrected chi connectivity index (χ0v) is 18.8. The summed E-state index contributed by atoms with van der Waals surface area (Å²) in [5, 5.41) is 4.36. The number of piperidine rings is 1. The quantitative estimate of drug-likeness (QED) is 0.586. The lowest BCUT2D eigenvalue weighted by atomic mass is 10.1. The van der Waals surface area contributed by atoms with Gasteiger partial charge in [-0.15, -0.1) is 12.4 Å². The fourth-order valence-corrected chi connectivity index (χ4v) is 4.10. The van der Waals surface area contributed by atoms with Gasteiger partial charge in [-0.05, 0) is 25.0 Å². The number of anilines is 1. The van der Waals surface area contributed by atoms with Crippen molar-refractivity contribution in [1.29, 1.82) is 0 Å².